The van der Waals surface area contributed by atoms with Gasteiger partial charge >= 0.3 is 12.2 Å². The Kier molecular flexibility index (Phi) is 3.52. The number of hydrogen-bond acceptors (Lipinski definition) is 1. The van der Waals surface area contributed by atoms with Crippen LogP contribution in [0.25, 0.3) is 11.1 Å². The number of benzene rings is 2. The van der Waals surface area contributed by atoms with Gasteiger partial charge < -0.3 is 10.6 Å². The Labute approximate surface area is 125 Å². The van der Waals surface area contributed by atoms with E-state index in [4.69, 9.17) is 0 Å². The minimum Gasteiger partial charge on any atom is -0.338 e. The molecule has 0 aliphatic carbocycles. The lowest BCUT2D eigenvalue weighted by Gasteiger charge is -2.10. The van der Waals surface area contributed by atoms with Gasteiger partial charge in [-0.05, 0) is 47.4 Å². The molecule has 0 radical (unpaired) electrons. The van der Waals surface area contributed by atoms with Crippen molar-refractivity contribution in [2.24, 2.45) is 0 Å². The van der Waals surface area contributed by atoms with Crippen LogP contribution in [0.15, 0.2) is 42.5 Å². The second-order valence-corrected chi connectivity index (χ2v) is 5.08. The first kappa shape index (κ1) is 14.4. The second-order valence-electron chi connectivity index (χ2n) is 5.08. The maximum absolute atomic E-state index is 12.6. The van der Waals surface area contributed by atoms with Crippen LogP contribution < -0.4 is 10.6 Å². The molecule has 0 fully saturated rings. The molecule has 6 heteroatoms. The lowest BCUT2D eigenvalue weighted by Crippen LogP contribution is -2.27. The fourth-order valence-electron chi connectivity index (χ4n) is 2.43. The number of fused-ring (bicyclic) bond motifs is 1. The number of anilines is 1. The van der Waals surface area contributed by atoms with Crippen LogP contribution in [-0.4, -0.2) is 12.6 Å². The predicted molar refractivity (Wildman–Crippen MR) is 77.6 cm³/mol. The first-order valence-corrected chi connectivity index (χ1v) is 6.79. The summed E-state index contributed by atoms with van der Waals surface area (Å²) in [5.74, 6) is 0. The smallest absolute Gasteiger partial charge is 0.338 e. The summed E-state index contributed by atoms with van der Waals surface area (Å²) in [5.41, 5.74) is 2.55. The van der Waals surface area contributed by atoms with E-state index in [1.807, 2.05) is 6.07 Å². The maximum atomic E-state index is 12.6. The van der Waals surface area contributed by atoms with Gasteiger partial charge in [-0.15, -0.1) is 0 Å². The molecular formula is C16H13F3N2O. The summed E-state index contributed by atoms with van der Waals surface area (Å²) in [6, 6.07) is 10.3. The van der Waals surface area contributed by atoms with Gasteiger partial charge in [0.2, 0.25) is 0 Å². The standard InChI is InChI=1S/C16H13F3N2O/c17-16(18,19)13-4-1-10(2-5-13)11-3-6-14-12(9-11)7-8-20-15(22)21-14/h1-6,9H,7-8H2,(H2,20,21,22). The Morgan fingerprint density at radius 2 is 1.64 bits per heavy atom. The Bertz CT molecular complexity index is 708. The maximum Gasteiger partial charge on any atom is 0.416 e. The number of carbonyl (C=O) groups excluding carboxylic acids is 1. The topological polar surface area (TPSA) is 41.1 Å². The van der Waals surface area contributed by atoms with Crippen molar-refractivity contribution in [2.75, 3.05) is 11.9 Å². The van der Waals surface area contributed by atoms with Crippen LogP contribution in [0.1, 0.15) is 11.1 Å². The van der Waals surface area contributed by atoms with E-state index in [1.165, 1.54) is 12.1 Å². The molecule has 2 aromatic rings. The number of carbonyl (C=O) groups is 1. The van der Waals surface area contributed by atoms with E-state index < -0.39 is 11.7 Å². The Hall–Kier alpha value is -2.50. The second kappa shape index (κ2) is 5.36. The van der Waals surface area contributed by atoms with E-state index in [2.05, 4.69) is 10.6 Å². The van der Waals surface area contributed by atoms with Crippen LogP contribution in [0.2, 0.25) is 0 Å². The highest BCUT2D eigenvalue weighted by molar-refractivity contribution is 5.91. The van der Waals surface area contributed by atoms with Crippen LogP contribution in [0.5, 0.6) is 0 Å². The van der Waals surface area contributed by atoms with Crippen molar-refractivity contribution in [3.8, 4) is 11.1 Å². The quantitative estimate of drug-likeness (QED) is 0.820. The summed E-state index contributed by atoms with van der Waals surface area (Å²) >= 11 is 0. The third-order valence-electron chi connectivity index (χ3n) is 3.58. The molecule has 0 unspecified atom stereocenters. The molecule has 0 saturated carbocycles. The number of halogens is 3. The molecule has 2 aromatic carbocycles. The van der Waals surface area contributed by atoms with E-state index in [9.17, 15) is 18.0 Å². The molecule has 1 aliphatic rings. The Morgan fingerprint density at radius 3 is 2.32 bits per heavy atom. The number of alkyl halides is 3. The number of nitrogens with one attached hydrogen (secondary N) is 2. The average molecular weight is 306 g/mol. The van der Waals surface area contributed by atoms with Crippen molar-refractivity contribution in [3.05, 3.63) is 53.6 Å². The molecule has 2 amide bonds. The zero-order valence-corrected chi connectivity index (χ0v) is 11.5. The van der Waals surface area contributed by atoms with Gasteiger partial charge in [0.15, 0.2) is 0 Å². The fourth-order valence-corrected chi connectivity index (χ4v) is 2.43. The summed E-state index contributed by atoms with van der Waals surface area (Å²) in [6.07, 6.45) is -3.66. The minimum absolute atomic E-state index is 0.249. The highest BCUT2D eigenvalue weighted by Crippen LogP contribution is 2.32. The van der Waals surface area contributed by atoms with Crippen molar-refractivity contribution < 1.29 is 18.0 Å². The van der Waals surface area contributed by atoms with Crippen LogP contribution in [0.4, 0.5) is 23.7 Å². The minimum atomic E-state index is -4.33. The monoisotopic (exact) mass is 306 g/mol. The summed E-state index contributed by atoms with van der Waals surface area (Å²) in [7, 11) is 0. The third-order valence-corrected chi connectivity index (χ3v) is 3.58. The van der Waals surface area contributed by atoms with E-state index in [-0.39, 0.29) is 6.03 Å². The number of urea groups is 1. The number of rotatable bonds is 1. The zero-order valence-electron chi connectivity index (χ0n) is 11.5. The zero-order chi connectivity index (χ0) is 15.7. The molecule has 0 spiro atoms. The Balaban J connectivity index is 1.93. The van der Waals surface area contributed by atoms with Gasteiger partial charge in [-0.1, -0.05) is 18.2 Å². The van der Waals surface area contributed by atoms with E-state index in [1.54, 1.807) is 12.1 Å². The van der Waals surface area contributed by atoms with Gasteiger partial charge in [0.25, 0.3) is 0 Å². The fraction of sp³-hybridized carbons (Fsp3) is 0.188. The summed E-state index contributed by atoms with van der Waals surface area (Å²) in [6.45, 7) is 0.523. The van der Waals surface area contributed by atoms with Gasteiger partial charge in [-0.3, -0.25) is 0 Å². The van der Waals surface area contributed by atoms with Gasteiger partial charge in [-0.2, -0.15) is 13.2 Å². The molecule has 22 heavy (non-hydrogen) atoms. The molecule has 0 aromatic heterocycles. The molecule has 1 aliphatic heterocycles. The van der Waals surface area contributed by atoms with Crippen molar-refractivity contribution in [1.82, 2.24) is 5.32 Å². The molecule has 1 heterocycles. The molecule has 0 atom stereocenters. The van der Waals surface area contributed by atoms with Crippen molar-refractivity contribution in [2.45, 2.75) is 12.6 Å². The molecule has 3 nitrogen and oxygen atoms in total. The van der Waals surface area contributed by atoms with Crippen molar-refractivity contribution in [3.63, 3.8) is 0 Å². The molecular weight excluding hydrogens is 293 g/mol. The lowest BCUT2D eigenvalue weighted by atomic mass is 9.99. The van der Waals surface area contributed by atoms with Crippen molar-refractivity contribution >= 4 is 11.7 Å². The molecule has 2 N–H and O–H groups in total. The first-order valence-electron chi connectivity index (χ1n) is 6.79. The van der Waals surface area contributed by atoms with Gasteiger partial charge in [0.05, 0.1) is 5.56 Å². The summed E-state index contributed by atoms with van der Waals surface area (Å²) in [5, 5.41) is 5.43. The predicted octanol–water partition coefficient (Wildman–Crippen LogP) is 4.05. The average Bonchev–Trinajstić information content (AvgIpc) is 2.66. The molecule has 114 valence electrons. The van der Waals surface area contributed by atoms with Gasteiger partial charge in [0.1, 0.15) is 0 Å². The Morgan fingerprint density at radius 1 is 0.955 bits per heavy atom. The normalized spacial score (nSPS) is 14.6. The highest BCUT2D eigenvalue weighted by atomic mass is 19.4. The number of amides is 2. The largest absolute Gasteiger partial charge is 0.416 e. The summed E-state index contributed by atoms with van der Waals surface area (Å²) < 4.78 is 37.7. The van der Waals surface area contributed by atoms with Crippen molar-refractivity contribution in [1.29, 1.82) is 0 Å². The van der Waals surface area contributed by atoms with Crippen LogP contribution in [0, 0.1) is 0 Å². The summed E-state index contributed by atoms with van der Waals surface area (Å²) in [4.78, 5) is 11.4. The van der Waals surface area contributed by atoms with Crippen LogP contribution in [-0.2, 0) is 12.6 Å². The SMILES string of the molecule is O=C1NCCc2cc(-c3ccc(C(F)(F)F)cc3)ccc2N1. The van der Waals surface area contributed by atoms with E-state index in [0.717, 1.165) is 28.9 Å². The first-order chi connectivity index (χ1) is 10.4. The molecule has 3 rings (SSSR count). The van der Waals surface area contributed by atoms with Crippen LogP contribution >= 0.6 is 0 Å². The van der Waals surface area contributed by atoms with Crippen LogP contribution in [0.3, 0.4) is 0 Å². The van der Waals surface area contributed by atoms with E-state index in [0.29, 0.717) is 18.5 Å². The van der Waals surface area contributed by atoms with Gasteiger partial charge in [-0.25, -0.2) is 4.79 Å². The molecule has 0 saturated heterocycles. The lowest BCUT2D eigenvalue weighted by molar-refractivity contribution is -0.137. The van der Waals surface area contributed by atoms with E-state index >= 15 is 0 Å². The molecule has 0 bridgehead atoms. The number of hydrogen-bond donors (Lipinski definition) is 2. The highest BCUT2D eigenvalue weighted by Gasteiger charge is 2.30. The van der Waals surface area contributed by atoms with Gasteiger partial charge in [0, 0.05) is 12.2 Å². The third kappa shape index (κ3) is 2.90.